The van der Waals surface area contributed by atoms with E-state index in [9.17, 15) is 0 Å². The second-order valence-electron chi connectivity index (χ2n) is 4.97. The molecule has 0 saturated carbocycles. The molecule has 3 rings (SSSR count). The lowest BCUT2D eigenvalue weighted by Crippen LogP contribution is -2.21. The number of aromatic nitrogens is 2. The van der Waals surface area contributed by atoms with E-state index in [1.807, 2.05) is 12.4 Å². The fourth-order valence-corrected chi connectivity index (χ4v) is 3.03. The summed E-state index contributed by atoms with van der Waals surface area (Å²) in [6, 6.07) is 6.26. The molecule has 2 heterocycles. The normalized spacial score (nSPS) is 16.7. The summed E-state index contributed by atoms with van der Waals surface area (Å²) in [7, 11) is 0. The Balaban J connectivity index is 1.65. The Labute approximate surface area is 116 Å². The summed E-state index contributed by atoms with van der Waals surface area (Å²) in [5.74, 6) is 0. The number of rotatable bonds is 4. The van der Waals surface area contributed by atoms with Gasteiger partial charge in [-0.15, -0.1) is 0 Å². The molecule has 18 heavy (non-hydrogen) atoms. The van der Waals surface area contributed by atoms with Crippen molar-refractivity contribution in [3.63, 3.8) is 0 Å². The lowest BCUT2D eigenvalue weighted by molar-refractivity contribution is 0.326. The molecule has 3 nitrogen and oxygen atoms in total. The van der Waals surface area contributed by atoms with Gasteiger partial charge in [-0.1, -0.05) is 15.9 Å². The molecule has 1 aromatic carbocycles. The molecule has 1 aromatic heterocycles. The summed E-state index contributed by atoms with van der Waals surface area (Å²) in [6.07, 6.45) is 5.92. The monoisotopic (exact) mass is 307 g/mol. The minimum atomic E-state index is 1.06. The van der Waals surface area contributed by atoms with Gasteiger partial charge in [0.2, 0.25) is 0 Å². The first kappa shape index (κ1) is 12.2. The molecule has 0 atom stereocenters. The average molecular weight is 308 g/mol. The molecular weight excluding hydrogens is 290 g/mol. The number of likely N-dealkylation sites (tertiary alicyclic amines) is 1. The van der Waals surface area contributed by atoms with Crippen molar-refractivity contribution in [3.8, 4) is 0 Å². The Kier molecular flexibility index (Phi) is 3.66. The van der Waals surface area contributed by atoms with E-state index in [1.165, 1.54) is 44.4 Å². The smallest absolute Gasteiger partial charge is 0.0958 e. The summed E-state index contributed by atoms with van der Waals surface area (Å²) in [5, 5.41) is 0. The number of fused-ring (bicyclic) bond motifs is 1. The van der Waals surface area contributed by atoms with Crippen LogP contribution >= 0.6 is 15.9 Å². The van der Waals surface area contributed by atoms with Crippen LogP contribution in [0.4, 0.5) is 0 Å². The van der Waals surface area contributed by atoms with Crippen LogP contribution in [0.15, 0.2) is 29.0 Å². The molecule has 1 saturated heterocycles. The topological polar surface area (TPSA) is 21.1 Å². The van der Waals surface area contributed by atoms with Crippen molar-refractivity contribution in [1.82, 2.24) is 14.5 Å². The van der Waals surface area contributed by atoms with E-state index in [2.05, 4.69) is 42.5 Å². The van der Waals surface area contributed by atoms with Crippen LogP contribution in [0.1, 0.15) is 19.3 Å². The van der Waals surface area contributed by atoms with E-state index >= 15 is 0 Å². The highest BCUT2D eigenvalue weighted by Gasteiger charge is 2.10. The van der Waals surface area contributed by atoms with Crippen LogP contribution in [-0.4, -0.2) is 34.1 Å². The molecular formula is C14H18BrN3. The Morgan fingerprint density at radius 3 is 2.83 bits per heavy atom. The minimum Gasteiger partial charge on any atom is -0.331 e. The molecule has 1 aliphatic rings. The molecule has 0 amide bonds. The maximum atomic E-state index is 4.44. The molecule has 0 N–H and O–H groups in total. The van der Waals surface area contributed by atoms with Gasteiger partial charge in [0.05, 0.1) is 17.4 Å². The molecule has 0 spiro atoms. The van der Waals surface area contributed by atoms with Gasteiger partial charge in [-0.05, 0) is 57.1 Å². The number of hydrogen-bond acceptors (Lipinski definition) is 2. The zero-order chi connectivity index (χ0) is 12.4. The first-order chi connectivity index (χ1) is 8.83. The third-order valence-corrected chi connectivity index (χ3v) is 4.15. The number of aryl methyl sites for hydroxylation is 1. The zero-order valence-electron chi connectivity index (χ0n) is 10.5. The Bertz CT molecular complexity index is 529. The van der Waals surface area contributed by atoms with E-state index in [0.717, 1.165) is 16.5 Å². The van der Waals surface area contributed by atoms with E-state index in [-0.39, 0.29) is 0 Å². The lowest BCUT2D eigenvalue weighted by Gasteiger charge is -2.14. The van der Waals surface area contributed by atoms with Gasteiger partial charge in [-0.3, -0.25) is 0 Å². The van der Waals surface area contributed by atoms with Crippen molar-refractivity contribution >= 4 is 27.0 Å². The van der Waals surface area contributed by atoms with Crippen LogP contribution in [0.5, 0.6) is 0 Å². The fraction of sp³-hybridized carbons (Fsp3) is 0.500. The van der Waals surface area contributed by atoms with Crippen LogP contribution in [0.3, 0.4) is 0 Å². The highest BCUT2D eigenvalue weighted by molar-refractivity contribution is 9.10. The van der Waals surface area contributed by atoms with Crippen LogP contribution < -0.4 is 0 Å². The quantitative estimate of drug-likeness (QED) is 0.864. The molecule has 2 aromatic rings. The summed E-state index contributed by atoms with van der Waals surface area (Å²) < 4.78 is 3.38. The third-order valence-electron chi connectivity index (χ3n) is 3.66. The lowest BCUT2D eigenvalue weighted by atomic mass is 10.3. The first-order valence-corrected chi connectivity index (χ1v) is 7.45. The predicted molar refractivity (Wildman–Crippen MR) is 77.7 cm³/mol. The molecule has 1 aliphatic heterocycles. The zero-order valence-corrected chi connectivity index (χ0v) is 12.1. The van der Waals surface area contributed by atoms with E-state index in [1.54, 1.807) is 0 Å². The van der Waals surface area contributed by atoms with Gasteiger partial charge in [0, 0.05) is 11.0 Å². The number of imidazole rings is 1. The van der Waals surface area contributed by atoms with Gasteiger partial charge in [-0.25, -0.2) is 4.98 Å². The molecule has 0 aliphatic carbocycles. The number of nitrogens with zero attached hydrogens (tertiary/aromatic N) is 3. The molecule has 1 fully saturated rings. The summed E-state index contributed by atoms with van der Waals surface area (Å²) in [4.78, 5) is 7.00. The van der Waals surface area contributed by atoms with Gasteiger partial charge in [-0.2, -0.15) is 0 Å². The van der Waals surface area contributed by atoms with E-state index < -0.39 is 0 Å². The molecule has 96 valence electrons. The molecule has 0 bridgehead atoms. The highest BCUT2D eigenvalue weighted by Crippen LogP contribution is 2.19. The van der Waals surface area contributed by atoms with E-state index in [4.69, 9.17) is 0 Å². The van der Waals surface area contributed by atoms with Crippen molar-refractivity contribution in [2.24, 2.45) is 0 Å². The molecule has 4 heteroatoms. The number of halogens is 1. The SMILES string of the molecule is Brc1ccc2ncn(CCCN3CCCC3)c2c1. The second kappa shape index (κ2) is 5.41. The van der Waals surface area contributed by atoms with E-state index in [0.29, 0.717) is 0 Å². The molecule has 0 radical (unpaired) electrons. The predicted octanol–water partition coefficient (Wildman–Crippen LogP) is 3.28. The largest absolute Gasteiger partial charge is 0.331 e. The second-order valence-corrected chi connectivity index (χ2v) is 5.89. The Morgan fingerprint density at radius 1 is 1.17 bits per heavy atom. The maximum Gasteiger partial charge on any atom is 0.0958 e. The summed E-state index contributed by atoms with van der Waals surface area (Å²) in [5.41, 5.74) is 2.31. The third kappa shape index (κ3) is 2.59. The van der Waals surface area contributed by atoms with Gasteiger partial charge >= 0.3 is 0 Å². The number of benzene rings is 1. The fourth-order valence-electron chi connectivity index (χ4n) is 2.68. The highest BCUT2D eigenvalue weighted by atomic mass is 79.9. The minimum absolute atomic E-state index is 1.06. The number of hydrogen-bond donors (Lipinski definition) is 0. The summed E-state index contributed by atoms with van der Waals surface area (Å²) >= 11 is 3.52. The van der Waals surface area contributed by atoms with Gasteiger partial charge < -0.3 is 9.47 Å². The average Bonchev–Trinajstić information content (AvgIpc) is 2.99. The van der Waals surface area contributed by atoms with Crippen molar-refractivity contribution in [1.29, 1.82) is 0 Å². The van der Waals surface area contributed by atoms with Gasteiger partial charge in [0.1, 0.15) is 0 Å². The van der Waals surface area contributed by atoms with Crippen LogP contribution in [0, 0.1) is 0 Å². The first-order valence-electron chi connectivity index (χ1n) is 6.66. The van der Waals surface area contributed by atoms with Crippen molar-refractivity contribution < 1.29 is 0 Å². The Hall–Kier alpha value is -0.870. The van der Waals surface area contributed by atoms with Crippen LogP contribution in [0.2, 0.25) is 0 Å². The maximum absolute atomic E-state index is 4.44. The van der Waals surface area contributed by atoms with Crippen molar-refractivity contribution in [3.05, 3.63) is 29.0 Å². The van der Waals surface area contributed by atoms with Crippen LogP contribution in [-0.2, 0) is 6.54 Å². The van der Waals surface area contributed by atoms with Crippen molar-refractivity contribution in [2.75, 3.05) is 19.6 Å². The van der Waals surface area contributed by atoms with Crippen LogP contribution in [0.25, 0.3) is 11.0 Å². The van der Waals surface area contributed by atoms with Crippen molar-refractivity contribution in [2.45, 2.75) is 25.8 Å². The molecule has 0 unspecified atom stereocenters. The Morgan fingerprint density at radius 2 is 2.00 bits per heavy atom. The van der Waals surface area contributed by atoms with Gasteiger partial charge in [0.25, 0.3) is 0 Å². The van der Waals surface area contributed by atoms with Gasteiger partial charge in [0.15, 0.2) is 0 Å². The summed E-state index contributed by atoms with van der Waals surface area (Å²) in [6.45, 7) is 4.85. The standard InChI is InChI=1S/C14H18BrN3/c15-12-4-5-13-14(10-12)18(11-16-13)9-3-8-17-6-1-2-7-17/h4-5,10-11H,1-3,6-9H2.